The van der Waals surface area contributed by atoms with Crippen molar-refractivity contribution in [3.8, 4) is 0 Å². The van der Waals surface area contributed by atoms with Gasteiger partial charge in [0.25, 0.3) is 5.91 Å². The molecule has 0 aliphatic carbocycles. The second-order valence-corrected chi connectivity index (χ2v) is 8.64. The lowest BCUT2D eigenvalue weighted by Gasteiger charge is -2.20. The maximum Gasteiger partial charge on any atom is 0.449 e. The molecule has 3 rings (SSSR count). The number of anilines is 1. The van der Waals surface area contributed by atoms with Crippen LogP contribution in [0.1, 0.15) is 37.0 Å². The van der Waals surface area contributed by atoms with Gasteiger partial charge in [0.2, 0.25) is 5.82 Å². The summed E-state index contributed by atoms with van der Waals surface area (Å²) in [6, 6.07) is 8.65. The molecule has 0 saturated heterocycles. The summed E-state index contributed by atoms with van der Waals surface area (Å²) in [5, 5.41) is 2.65. The molecule has 0 atom stereocenters. The van der Waals surface area contributed by atoms with Crippen LogP contribution < -0.4 is 5.32 Å². The highest BCUT2D eigenvalue weighted by Gasteiger charge is 2.39. The predicted octanol–water partition coefficient (Wildman–Crippen LogP) is 5.96. The number of nitrogens with zero attached hydrogens (tertiary/aromatic N) is 2. The first-order chi connectivity index (χ1) is 14.8. The van der Waals surface area contributed by atoms with Crippen molar-refractivity contribution >= 4 is 51.8 Å². The molecule has 0 aliphatic heterocycles. The zero-order valence-electron chi connectivity index (χ0n) is 17.2. The highest BCUT2D eigenvalue weighted by Crippen LogP contribution is 2.34. The Bertz CT molecular complexity index is 1180. The van der Waals surface area contributed by atoms with Crippen LogP contribution in [0.5, 0.6) is 0 Å². The van der Waals surface area contributed by atoms with Gasteiger partial charge in [-0.3, -0.25) is 9.59 Å². The van der Waals surface area contributed by atoms with Crippen LogP contribution in [-0.4, -0.2) is 27.0 Å². The van der Waals surface area contributed by atoms with Gasteiger partial charge in [0.15, 0.2) is 0 Å². The van der Waals surface area contributed by atoms with E-state index in [4.69, 9.17) is 27.9 Å². The standard InChI is InChI=1S/C21H18Cl2F3N3O3/c1-20(2,3)32-15(30)10-29-14-9-5-8-13(17(14)28-19(29)21(24,25)26)27-18(31)16-11(22)6-4-7-12(16)23/h4-9H,10H2,1-3H3,(H,27,31). The number of hydrogen-bond acceptors (Lipinski definition) is 4. The second-order valence-electron chi connectivity index (χ2n) is 7.83. The fourth-order valence-corrected chi connectivity index (χ4v) is 3.60. The van der Waals surface area contributed by atoms with Crippen molar-refractivity contribution in [3.63, 3.8) is 0 Å². The van der Waals surface area contributed by atoms with Gasteiger partial charge < -0.3 is 14.6 Å². The molecule has 1 aromatic heterocycles. The Kier molecular flexibility index (Phi) is 6.44. The van der Waals surface area contributed by atoms with Gasteiger partial charge in [-0.1, -0.05) is 35.3 Å². The van der Waals surface area contributed by atoms with E-state index in [2.05, 4.69) is 10.3 Å². The first-order valence-electron chi connectivity index (χ1n) is 9.31. The molecule has 6 nitrogen and oxygen atoms in total. The summed E-state index contributed by atoms with van der Waals surface area (Å²) < 4.78 is 46.9. The zero-order chi connectivity index (χ0) is 23.8. The molecule has 0 fully saturated rings. The van der Waals surface area contributed by atoms with Gasteiger partial charge in [-0.05, 0) is 45.0 Å². The summed E-state index contributed by atoms with van der Waals surface area (Å²) in [7, 11) is 0. The van der Waals surface area contributed by atoms with Crippen molar-refractivity contribution in [2.75, 3.05) is 5.32 Å². The summed E-state index contributed by atoms with van der Waals surface area (Å²) in [4.78, 5) is 28.6. The van der Waals surface area contributed by atoms with Crippen LogP contribution in [-0.2, 0) is 22.3 Å². The molecule has 170 valence electrons. The number of benzene rings is 2. The molecule has 0 saturated carbocycles. The van der Waals surface area contributed by atoms with Gasteiger partial charge in [-0.25, -0.2) is 4.98 Å². The van der Waals surface area contributed by atoms with Crippen LogP contribution in [0.4, 0.5) is 18.9 Å². The van der Waals surface area contributed by atoms with E-state index in [0.29, 0.717) is 4.57 Å². The average molecular weight is 488 g/mol. The number of ether oxygens (including phenoxy) is 1. The Morgan fingerprint density at radius 3 is 2.22 bits per heavy atom. The summed E-state index contributed by atoms with van der Waals surface area (Å²) in [5.74, 6) is -2.88. The molecule has 0 spiro atoms. The number of hydrogen-bond donors (Lipinski definition) is 1. The monoisotopic (exact) mass is 487 g/mol. The summed E-state index contributed by atoms with van der Waals surface area (Å²) in [5.41, 5.74) is -1.07. The Labute approximate surface area is 191 Å². The number of halogens is 5. The number of carbonyl (C=O) groups is 2. The number of para-hydroxylation sites is 1. The number of nitrogens with one attached hydrogen (secondary N) is 1. The first-order valence-corrected chi connectivity index (χ1v) is 10.1. The lowest BCUT2D eigenvalue weighted by atomic mass is 10.2. The Hall–Kier alpha value is -2.78. The Morgan fingerprint density at radius 1 is 1.06 bits per heavy atom. The van der Waals surface area contributed by atoms with E-state index < -0.39 is 36.0 Å². The van der Waals surface area contributed by atoms with Crippen molar-refractivity contribution in [3.05, 3.63) is 57.8 Å². The Morgan fingerprint density at radius 2 is 1.66 bits per heavy atom. The lowest BCUT2D eigenvalue weighted by Crippen LogP contribution is -2.28. The molecule has 11 heteroatoms. The van der Waals surface area contributed by atoms with Crippen molar-refractivity contribution in [2.45, 2.75) is 39.1 Å². The fourth-order valence-electron chi connectivity index (χ4n) is 3.03. The summed E-state index contributed by atoms with van der Waals surface area (Å²) in [6.07, 6.45) is -4.85. The van der Waals surface area contributed by atoms with Gasteiger partial charge in [0.1, 0.15) is 17.7 Å². The number of carbonyl (C=O) groups excluding carboxylic acids is 2. The van der Waals surface area contributed by atoms with Crippen LogP contribution in [0.3, 0.4) is 0 Å². The summed E-state index contributed by atoms with van der Waals surface area (Å²) in [6.45, 7) is 4.11. The number of esters is 1. The van der Waals surface area contributed by atoms with Crippen molar-refractivity contribution in [1.29, 1.82) is 0 Å². The topological polar surface area (TPSA) is 73.2 Å². The van der Waals surface area contributed by atoms with Crippen LogP contribution in [0.2, 0.25) is 10.0 Å². The molecular formula is C21H18Cl2F3N3O3. The van der Waals surface area contributed by atoms with E-state index in [1.54, 1.807) is 26.8 Å². The predicted molar refractivity (Wildman–Crippen MR) is 115 cm³/mol. The number of alkyl halides is 3. The van der Waals surface area contributed by atoms with E-state index in [9.17, 15) is 22.8 Å². The van der Waals surface area contributed by atoms with Crippen LogP contribution in [0.15, 0.2) is 36.4 Å². The normalized spacial score (nSPS) is 12.1. The van der Waals surface area contributed by atoms with Crippen LogP contribution >= 0.6 is 23.2 Å². The molecule has 0 unspecified atom stereocenters. The van der Waals surface area contributed by atoms with Gasteiger partial charge in [0, 0.05) is 0 Å². The highest BCUT2D eigenvalue weighted by atomic mass is 35.5. The third-order valence-electron chi connectivity index (χ3n) is 4.18. The van der Waals surface area contributed by atoms with Crippen molar-refractivity contribution in [2.24, 2.45) is 0 Å². The van der Waals surface area contributed by atoms with Crippen LogP contribution in [0.25, 0.3) is 11.0 Å². The maximum atomic E-state index is 13.7. The third-order valence-corrected chi connectivity index (χ3v) is 4.81. The van der Waals surface area contributed by atoms with E-state index >= 15 is 0 Å². The van der Waals surface area contributed by atoms with Crippen molar-refractivity contribution in [1.82, 2.24) is 9.55 Å². The molecule has 0 aliphatic rings. The maximum absolute atomic E-state index is 13.7. The number of aromatic nitrogens is 2. The number of rotatable bonds is 4. The molecule has 3 aromatic rings. The van der Waals surface area contributed by atoms with E-state index in [1.807, 2.05) is 0 Å². The fraction of sp³-hybridized carbons (Fsp3) is 0.286. The molecule has 0 radical (unpaired) electrons. The number of amides is 1. The highest BCUT2D eigenvalue weighted by molar-refractivity contribution is 6.40. The zero-order valence-corrected chi connectivity index (χ0v) is 18.7. The van der Waals surface area contributed by atoms with E-state index in [-0.39, 0.29) is 32.3 Å². The van der Waals surface area contributed by atoms with E-state index in [1.165, 1.54) is 30.3 Å². The number of fused-ring (bicyclic) bond motifs is 1. The largest absolute Gasteiger partial charge is 0.459 e. The minimum absolute atomic E-state index is 0.00285. The molecule has 0 bridgehead atoms. The van der Waals surface area contributed by atoms with Gasteiger partial charge in [-0.15, -0.1) is 0 Å². The second kappa shape index (κ2) is 8.63. The molecule has 32 heavy (non-hydrogen) atoms. The minimum atomic E-state index is -4.85. The molecule has 1 amide bonds. The SMILES string of the molecule is CC(C)(C)OC(=O)Cn1c(C(F)(F)F)nc2c(NC(=O)c3c(Cl)cccc3Cl)cccc21. The molecule has 1 heterocycles. The first kappa shape index (κ1) is 23.9. The van der Waals surface area contributed by atoms with Gasteiger partial charge in [0.05, 0.1) is 26.8 Å². The quantitative estimate of drug-likeness (QED) is 0.461. The van der Waals surface area contributed by atoms with Crippen molar-refractivity contribution < 1.29 is 27.5 Å². The third kappa shape index (κ3) is 5.16. The average Bonchev–Trinajstić information content (AvgIpc) is 3.00. The summed E-state index contributed by atoms with van der Waals surface area (Å²) >= 11 is 12.1. The smallest absolute Gasteiger partial charge is 0.449 e. The minimum Gasteiger partial charge on any atom is -0.459 e. The van der Waals surface area contributed by atoms with Gasteiger partial charge in [-0.2, -0.15) is 13.2 Å². The number of imidazole rings is 1. The lowest BCUT2D eigenvalue weighted by molar-refractivity contribution is -0.158. The van der Waals surface area contributed by atoms with Crippen LogP contribution in [0, 0.1) is 0 Å². The molecule has 1 N–H and O–H groups in total. The van der Waals surface area contributed by atoms with E-state index in [0.717, 1.165) is 0 Å². The molecular weight excluding hydrogens is 470 g/mol. The van der Waals surface area contributed by atoms with Gasteiger partial charge >= 0.3 is 12.1 Å². The Balaban J connectivity index is 2.06. The molecule has 2 aromatic carbocycles.